The van der Waals surface area contributed by atoms with E-state index in [1.54, 1.807) is 0 Å². The Kier molecular flexibility index (Phi) is 6.10. The molecule has 6 nitrogen and oxygen atoms in total. The standard InChI is InChI=1S/C29H29N6/c1-5-34(4)25-16-18-27-29(20-25)35(24-9-7-6-8-10-24)28-19-22(13-17-26(28)30-27)32-31-21-11-14-23(15-12-21)33(2)3/h6-20H,5H2,1-4H3/q+1. The summed E-state index contributed by atoms with van der Waals surface area (Å²) in [6.45, 7) is 3.08. The van der Waals surface area contributed by atoms with E-state index in [-0.39, 0.29) is 0 Å². The van der Waals surface area contributed by atoms with Crippen molar-refractivity contribution >= 4 is 44.8 Å². The Balaban J connectivity index is 1.66. The Bertz CT molecular complexity index is 1510. The number of aromatic nitrogens is 2. The molecule has 0 saturated carbocycles. The molecule has 6 heteroatoms. The van der Waals surface area contributed by atoms with Crippen LogP contribution in [0.4, 0.5) is 22.7 Å². The quantitative estimate of drug-likeness (QED) is 0.163. The van der Waals surface area contributed by atoms with Crippen molar-refractivity contribution in [1.29, 1.82) is 0 Å². The molecule has 1 aromatic heterocycles. The molecule has 0 spiro atoms. The molecule has 5 rings (SSSR count). The molecule has 35 heavy (non-hydrogen) atoms. The Morgan fingerprint density at radius 1 is 0.686 bits per heavy atom. The molecule has 0 unspecified atom stereocenters. The molecular formula is C29H29N6+. The number of hydrogen-bond donors (Lipinski definition) is 0. The largest absolute Gasteiger partial charge is 0.378 e. The normalized spacial score (nSPS) is 11.4. The van der Waals surface area contributed by atoms with E-state index in [2.05, 4.69) is 87.1 Å². The molecule has 0 N–H and O–H groups in total. The predicted octanol–water partition coefficient (Wildman–Crippen LogP) is 6.60. The second kappa shape index (κ2) is 9.50. The van der Waals surface area contributed by atoms with Gasteiger partial charge in [0.15, 0.2) is 0 Å². The van der Waals surface area contributed by atoms with Crippen LogP contribution in [0.1, 0.15) is 6.92 Å². The van der Waals surface area contributed by atoms with Crippen LogP contribution in [0.5, 0.6) is 0 Å². The van der Waals surface area contributed by atoms with Gasteiger partial charge < -0.3 is 9.80 Å². The van der Waals surface area contributed by atoms with Crippen molar-refractivity contribution in [2.24, 2.45) is 10.2 Å². The van der Waals surface area contributed by atoms with E-state index in [0.717, 1.165) is 57.0 Å². The fourth-order valence-corrected chi connectivity index (χ4v) is 4.10. The lowest BCUT2D eigenvalue weighted by atomic mass is 10.2. The first-order valence-electron chi connectivity index (χ1n) is 11.8. The van der Waals surface area contributed by atoms with Crippen LogP contribution in [0.2, 0.25) is 0 Å². The lowest BCUT2D eigenvalue weighted by Gasteiger charge is -2.16. The number of fused-ring (bicyclic) bond motifs is 2. The zero-order valence-corrected chi connectivity index (χ0v) is 20.6. The highest BCUT2D eigenvalue weighted by Gasteiger charge is 2.20. The van der Waals surface area contributed by atoms with Crippen LogP contribution in [-0.4, -0.2) is 32.7 Å². The Morgan fingerprint density at radius 2 is 1.29 bits per heavy atom. The van der Waals surface area contributed by atoms with E-state index in [9.17, 15) is 0 Å². The van der Waals surface area contributed by atoms with E-state index in [1.807, 2.05) is 56.6 Å². The molecule has 0 saturated heterocycles. The second-order valence-electron chi connectivity index (χ2n) is 8.75. The van der Waals surface area contributed by atoms with Gasteiger partial charge >= 0.3 is 0 Å². The smallest absolute Gasteiger partial charge is 0.239 e. The average Bonchev–Trinajstić information content (AvgIpc) is 2.90. The minimum Gasteiger partial charge on any atom is -0.378 e. The number of rotatable bonds is 6. The number of hydrogen-bond acceptors (Lipinski definition) is 5. The monoisotopic (exact) mass is 461 g/mol. The molecule has 1 heterocycles. The van der Waals surface area contributed by atoms with Crippen LogP contribution < -0.4 is 14.4 Å². The first-order chi connectivity index (χ1) is 17.0. The first kappa shape index (κ1) is 22.5. The van der Waals surface area contributed by atoms with Crippen molar-refractivity contribution < 1.29 is 4.57 Å². The molecular weight excluding hydrogens is 432 g/mol. The summed E-state index contributed by atoms with van der Waals surface area (Å²) in [7, 11) is 6.15. The van der Waals surface area contributed by atoms with Gasteiger partial charge in [0, 0.05) is 63.3 Å². The molecule has 0 atom stereocenters. The van der Waals surface area contributed by atoms with Gasteiger partial charge in [-0.05, 0) is 55.5 Å². The van der Waals surface area contributed by atoms with Gasteiger partial charge in [0.05, 0.1) is 11.4 Å². The summed E-state index contributed by atoms with van der Waals surface area (Å²) in [5.41, 5.74) is 8.85. The Morgan fingerprint density at radius 3 is 1.97 bits per heavy atom. The van der Waals surface area contributed by atoms with Gasteiger partial charge in [0.25, 0.3) is 0 Å². The molecule has 174 valence electrons. The molecule has 0 aliphatic carbocycles. The van der Waals surface area contributed by atoms with Gasteiger partial charge in [0.1, 0.15) is 11.0 Å². The third-order valence-electron chi connectivity index (χ3n) is 6.22. The number of anilines is 2. The van der Waals surface area contributed by atoms with Gasteiger partial charge in [-0.15, -0.1) is 4.57 Å². The maximum atomic E-state index is 4.96. The van der Waals surface area contributed by atoms with Crippen LogP contribution >= 0.6 is 0 Å². The summed E-state index contributed by atoms with van der Waals surface area (Å²) in [4.78, 5) is 9.25. The van der Waals surface area contributed by atoms with Gasteiger partial charge in [0.2, 0.25) is 16.7 Å². The highest BCUT2D eigenvalue weighted by atomic mass is 15.1. The third kappa shape index (κ3) is 4.55. The van der Waals surface area contributed by atoms with E-state index in [4.69, 9.17) is 4.98 Å². The number of benzene rings is 4. The third-order valence-corrected chi connectivity index (χ3v) is 6.22. The minimum absolute atomic E-state index is 0.779. The zero-order chi connectivity index (χ0) is 24.4. The lowest BCUT2D eigenvalue weighted by molar-refractivity contribution is -0.538. The maximum absolute atomic E-state index is 4.96. The summed E-state index contributed by atoms with van der Waals surface area (Å²) in [6.07, 6.45) is 0. The zero-order valence-electron chi connectivity index (χ0n) is 20.6. The van der Waals surface area contributed by atoms with Gasteiger partial charge in [-0.3, -0.25) is 0 Å². The summed E-state index contributed by atoms with van der Waals surface area (Å²) >= 11 is 0. The topological polar surface area (TPSA) is 48.0 Å². The number of nitrogens with zero attached hydrogens (tertiary/aromatic N) is 6. The molecule has 0 aliphatic heterocycles. The van der Waals surface area contributed by atoms with Crippen LogP contribution in [0.15, 0.2) is 101 Å². The van der Waals surface area contributed by atoms with Crippen molar-refractivity contribution in [2.75, 3.05) is 37.5 Å². The van der Waals surface area contributed by atoms with Crippen LogP contribution in [0.25, 0.3) is 27.8 Å². The molecule has 0 radical (unpaired) electrons. The molecule has 4 aromatic carbocycles. The average molecular weight is 462 g/mol. The molecule has 0 amide bonds. The van der Waals surface area contributed by atoms with Crippen molar-refractivity contribution in [3.8, 4) is 5.69 Å². The Labute approximate surface area is 205 Å². The van der Waals surface area contributed by atoms with Gasteiger partial charge in [-0.25, -0.2) is 4.98 Å². The summed E-state index contributed by atoms with van der Waals surface area (Å²) in [5.74, 6) is 0. The van der Waals surface area contributed by atoms with Crippen molar-refractivity contribution in [1.82, 2.24) is 4.98 Å². The predicted molar refractivity (Wildman–Crippen MR) is 145 cm³/mol. The molecule has 0 bridgehead atoms. The molecule has 5 aromatic rings. The van der Waals surface area contributed by atoms with E-state index in [1.165, 1.54) is 0 Å². The minimum atomic E-state index is 0.779. The number of azo groups is 1. The lowest BCUT2D eigenvalue weighted by Crippen LogP contribution is -2.33. The van der Waals surface area contributed by atoms with Crippen molar-refractivity contribution in [3.63, 3.8) is 0 Å². The maximum Gasteiger partial charge on any atom is 0.239 e. The summed E-state index contributed by atoms with van der Waals surface area (Å²) in [6, 6.07) is 30.9. The fraction of sp³-hybridized carbons (Fsp3) is 0.172. The Hall–Kier alpha value is -4.32. The first-order valence-corrected chi connectivity index (χ1v) is 11.8. The summed E-state index contributed by atoms with van der Waals surface area (Å²) < 4.78 is 2.26. The van der Waals surface area contributed by atoms with Gasteiger partial charge in [-0.1, -0.05) is 18.2 Å². The van der Waals surface area contributed by atoms with Crippen molar-refractivity contribution in [2.45, 2.75) is 6.92 Å². The second-order valence-corrected chi connectivity index (χ2v) is 8.75. The SMILES string of the molecule is CCN(C)c1ccc2nc3ccc(/N=N/c4ccc(N(C)C)cc4)cc3[n+](-c3ccccc3)c2c1. The van der Waals surface area contributed by atoms with Crippen LogP contribution in [0, 0.1) is 0 Å². The molecule has 0 fully saturated rings. The highest BCUT2D eigenvalue weighted by Crippen LogP contribution is 2.26. The fourth-order valence-electron chi connectivity index (χ4n) is 4.10. The molecule has 0 aliphatic rings. The highest BCUT2D eigenvalue weighted by molar-refractivity contribution is 5.85. The van der Waals surface area contributed by atoms with E-state index < -0.39 is 0 Å². The summed E-state index contributed by atoms with van der Waals surface area (Å²) in [5, 5.41) is 9.00. The van der Waals surface area contributed by atoms with Crippen LogP contribution in [0.3, 0.4) is 0 Å². The van der Waals surface area contributed by atoms with Gasteiger partial charge in [-0.2, -0.15) is 10.2 Å². The van der Waals surface area contributed by atoms with Crippen LogP contribution in [-0.2, 0) is 0 Å². The van der Waals surface area contributed by atoms with E-state index >= 15 is 0 Å². The number of para-hydroxylation sites is 1. The van der Waals surface area contributed by atoms with E-state index in [0.29, 0.717) is 0 Å². The van der Waals surface area contributed by atoms with Crippen molar-refractivity contribution in [3.05, 3.63) is 91.0 Å².